The highest BCUT2D eigenvalue weighted by Gasteiger charge is 2.28. The summed E-state index contributed by atoms with van der Waals surface area (Å²) in [7, 11) is 0. The van der Waals surface area contributed by atoms with Crippen molar-refractivity contribution in [3.8, 4) is 11.5 Å². The molecule has 170 valence electrons. The van der Waals surface area contributed by atoms with Crippen LogP contribution in [0.4, 0.5) is 10.5 Å². The van der Waals surface area contributed by atoms with Gasteiger partial charge in [0.25, 0.3) is 5.91 Å². The van der Waals surface area contributed by atoms with Gasteiger partial charge in [-0.3, -0.25) is 9.78 Å². The topological polar surface area (TPSA) is 104 Å². The van der Waals surface area contributed by atoms with Gasteiger partial charge in [0, 0.05) is 49.5 Å². The summed E-state index contributed by atoms with van der Waals surface area (Å²) in [6.07, 6.45) is 5.32. The van der Waals surface area contributed by atoms with Gasteiger partial charge < -0.3 is 19.6 Å². The molecule has 9 nitrogen and oxygen atoms in total. The van der Waals surface area contributed by atoms with Crippen LogP contribution in [0, 0.1) is 0 Å². The Kier molecular flexibility index (Phi) is 6.01. The standard InChI is InChI=1S/C24H26N6O3/c31-23(29-13-3-4-14-29)18-6-8-19(9-7-18)26-24(32)30-15-10-17(11-16-30)22-27-21(28-33-22)20-5-1-2-12-25-20/h1-2,5-9,12,17H,3-4,10-11,13-16H2,(H,26,32). The van der Waals surface area contributed by atoms with Crippen LogP contribution in [0.5, 0.6) is 0 Å². The molecule has 2 aliphatic heterocycles. The summed E-state index contributed by atoms with van der Waals surface area (Å²) in [6.45, 7) is 2.84. The molecule has 3 aromatic rings. The number of rotatable bonds is 4. The number of carbonyl (C=O) groups excluding carboxylic acids is 2. The summed E-state index contributed by atoms with van der Waals surface area (Å²) < 4.78 is 5.47. The lowest BCUT2D eigenvalue weighted by Gasteiger charge is -2.30. The van der Waals surface area contributed by atoms with Crippen LogP contribution in [0.2, 0.25) is 0 Å². The van der Waals surface area contributed by atoms with Crippen LogP contribution in [0.1, 0.15) is 47.8 Å². The van der Waals surface area contributed by atoms with E-state index in [9.17, 15) is 9.59 Å². The number of nitrogens with one attached hydrogen (secondary N) is 1. The first-order valence-corrected chi connectivity index (χ1v) is 11.4. The van der Waals surface area contributed by atoms with E-state index >= 15 is 0 Å². The van der Waals surface area contributed by atoms with Crippen molar-refractivity contribution < 1.29 is 14.1 Å². The van der Waals surface area contributed by atoms with Crippen LogP contribution < -0.4 is 5.32 Å². The Morgan fingerprint density at radius 1 is 0.939 bits per heavy atom. The van der Waals surface area contributed by atoms with Crippen molar-refractivity contribution in [3.05, 3.63) is 60.1 Å². The number of hydrogen-bond acceptors (Lipinski definition) is 6. The molecule has 0 saturated carbocycles. The van der Waals surface area contributed by atoms with E-state index in [1.54, 1.807) is 35.4 Å². The minimum atomic E-state index is -0.147. The van der Waals surface area contributed by atoms with Crippen molar-refractivity contribution in [1.82, 2.24) is 24.9 Å². The summed E-state index contributed by atoms with van der Waals surface area (Å²) in [5, 5.41) is 6.98. The van der Waals surface area contributed by atoms with Crippen molar-refractivity contribution in [2.75, 3.05) is 31.5 Å². The van der Waals surface area contributed by atoms with Crippen LogP contribution in [-0.4, -0.2) is 63.0 Å². The van der Waals surface area contributed by atoms with Gasteiger partial charge in [-0.1, -0.05) is 11.2 Å². The molecule has 0 atom stereocenters. The van der Waals surface area contributed by atoms with Gasteiger partial charge in [0.15, 0.2) is 0 Å². The predicted octanol–water partition coefficient (Wildman–Crippen LogP) is 3.78. The highest BCUT2D eigenvalue weighted by molar-refractivity contribution is 5.95. The third-order valence-electron chi connectivity index (χ3n) is 6.24. The molecular formula is C24H26N6O3. The number of nitrogens with zero attached hydrogens (tertiary/aromatic N) is 5. The summed E-state index contributed by atoms with van der Waals surface area (Å²) in [4.78, 5) is 37.6. The second kappa shape index (κ2) is 9.40. The van der Waals surface area contributed by atoms with Gasteiger partial charge in [0.05, 0.1) is 0 Å². The van der Waals surface area contributed by atoms with Gasteiger partial charge in [-0.05, 0) is 62.1 Å². The molecule has 0 radical (unpaired) electrons. The van der Waals surface area contributed by atoms with Crippen molar-refractivity contribution in [3.63, 3.8) is 0 Å². The molecule has 2 aromatic heterocycles. The lowest BCUT2D eigenvalue weighted by molar-refractivity contribution is 0.0793. The van der Waals surface area contributed by atoms with Crippen LogP contribution in [0.15, 0.2) is 53.2 Å². The molecule has 1 N–H and O–H groups in total. The van der Waals surface area contributed by atoms with E-state index < -0.39 is 0 Å². The number of urea groups is 1. The molecular weight excluding hydrogens is 420 g/mol. The zero-order valence-corrected chi connectivity index (χ0v) is 18.3. The number of benzene rings is 1. The van der Waals surface area contributed by atoms with Crippen molar-refractivity contribution in [1.29, 1.82) is 0 Å². The fourth-order valence-corrected chi connectivity index (χ4v) is 4.33. The molecule has 0 spiro atoms. The van der Waals surface area contributed by atoms with E-state index in [0.717, 1.165) is 38.8 Å². The van der Waals surface area contributed by atoms with Crippen molar-refractivity contribution in [2.24, 2.45) is 0 Å². The fraction of sp³-hybridized carbons (Fsp3) is 0.375. The first kappa shape index (κ1) is 21.1. The number of hydrogen-bond donors (Lipinski definition) is 1. The largest absolute Gasteiger partial charge is 0.339 e. The van der Waals surface area contributed by atoms with Crippen LogP contribution in [0.3, 0.4) is 0 Å². The minimum Gasteiger partial charge on any atom is -0.339 e. The maximum Gasteiger partial charge on any atom is 0.321 e. The van der Waals surface area contributed by atoms with Gasteiger partial charge in [0.2, 0.25) is 11.7 Å². The molecule has 2 aliphatic rings. The van der Waals surface area contributed by atoms with E-state index in [1.165, 1.54) is 0 Å². The Bertz CT molecular complexity index is 1100. The zero-order chi connectivity index (χ0) is 22.6. The van der Waals surface area contributed by atoms with Crippen LogP contribution >= 0.6 is 0 Å². The third-order valence-corrected chi connectivity index (χ3v) is 6.24. The Labute approximate surface area is 191 Å². The number of amides is 3. The number of pyridine rings is 1. The van der Waals surface area contributed by atoms with E-state index in [4.69, 9.17) is 4.52 Å². The minimum absolute atomic E-state index is 0.0553. The van der Waals surface area contributed by atoms with E-state index in [2.05, 4.69) is 20.4 Å². The molecule has 0 bridgehead atoms. The smallest absolute Gasteiger partial charge is 0.321 e. The van der Waals surface area contributed by atoms with E-state index in [0.29, 0.717) is 41.7 Å². The molecule has 2 saturated heterocycles. The number of piperidine rings is 1. The number of anilines is 1. The second-order valence-corrected chi connectivity index (χ2v) is 8.44. The van der Waals surface area contributed by atoms with Crippen LogP contribution in [0.25, 0.3) is 11.5 Å². The average molecular weight is 447 g/mol. The van der Waals surface area contributed by atoms with Gasteiger partial charge >= 0.3 is 6.03 Å². The molecule has 5 rings (SSSR count). The molecule has 4 heterocycles. The van der Waals surface area contributed by atoms with E-state index in [1.807, 2.05) is 23.1 Å². The Morgan fingerprint density at radius 3 is 2.39 bits per heavy atom. The highest BCUT2D eigenvalue weighted by atomic mass is 16.5. The number of aromatic nitrogens is 3. The normalized spacial score (nSPS) is 16.7. The van der Waals surface area contributed by atoms with E-state index in [-0.39, 0.29) is 17.9 Å². The zero-order valence-electron chi connectivity index (χ0n) is 18.3. The van der Waals surface area contributed by atoms with Gasteiger partial charge in [0.1, 0.15) is 5.69 Å². The average Bonchev–Trinajstić information content (AvgIpc) is 3.58. The summed E-state index contributed by atoms with van der Waals surface area (Å²) in [5.41, 5.74) is 2.01. The summed E-state index contributed by atoms with van der Waals surface area (Å²) in [6, 6.07) is 12.5. The van der Waals surface area contributed by atoms with Gasteiger partial charge in [-0.25, -0.2) is 4.79 Å². The quantitative estimate of drug-likeness (QED) is 0.654. The summed E-state index contributed by atoms with van der Waals surface area (Å²) >= 11 is 0. The molecule has 9 heteroatoms. The molecule has 2 fully saturated rings. The number of likely N-dealkylation sites (tertiary alicyclic amines) is 2. The first-order chi connectivity index (χ1) is 16.2. The monoisotopic (exact) mass is 446 g/mol. The molecule has 1 aromatic carbocycles. The lowest BCUT2D eigenvalue weighted by atomic mass is 9.97. The first-order valence-electron chi connectivity index (χ1n) is 11.4. The highest BCUT2D eigenvalue weighted by Crippen LogP contribution is 2.28. The van der Waals surface area contributed by atoms with Crippen molar-refractivity contribution >= 4 is 17.6 Å². The lowest BCUT2D eigenvalue weighted by Crippen LogP contribution is -2.40. The Hall–Kier alpha value is -3.75. The predicted molar refractivity (Wildman–Crippen MR) is 122 cm³/mol. The maximum atomic E-state index is 12.7. The molecule has 3 amide bonds. The molecule has 33 heavy (non-hydrogen) atoms. The second-order valence-electron chi connectivity index (χ2n) is 8.44. The third kappa shape index (κ3) is 4.72. The fourth-order valence-electron chi connectivity index (χ4n) is 4.33. The van der Waals surface area contributed by atoms with Crippen LogP contribution in [-0.2, 0) is 0 Å². The Morgan fingerprint density at radius 2 is 1.70 bits per heavy atom. The maximum absolute atomic E-state index is 12.7. The molecule has 0 unspecified atom stereocenters. The van der Waals surface area contributed by atoms with Crippen molar-refractivity contribution in [2.45, 2.75) is 31.6 Å². The Balaban J connectivity index is 1.13. The molecule has 0 aliphatic carbocycles. The van der Waals surface area contributed by atoms with Gasteiger partial charge in [-0.15, -0.1) is 0 Å². The SMILES string of the molecule is O=C(Nc1ccc(C(=O)N2CCCC2)cc1)N1CCC(c2nc(-c3ccccn3)no2)CC1. The van der Waals surface area contributed by atoms with Gasteiger partial charge in [-0.2, -0.15) is 4.98 Å². The summed E-state index contributed by atoms with van der Waals surface area (Å²) in [5.74, 6) is 1.25. The number of carbonyl (C=O) groups is 2.